The third kappa shape index (κ3) is 5.10. The van der Waals surface area contributed by atoms with Crippen molar-refractivity contribution in [2.75, 3.05) is 0 Å². The smallest absolute Gasteiger partial charge is 0.328 e. The van der Waals surface area contributed by atoms with Crippen LogP contribution in [0.1, 0.15) is 42.3 Å². The van der Waals surface area contributed by atoms with E-state index in [1.165, 1.54) is 0 Å². The van der Waals surface area contributed by atoms with E-state index in [0.29, 0.717) is 10.6 Å². The van der Waals surface area contributed by atoms with Crippen LogP contribution in [0.2, 0.25) is 5.02 Å². The first-order chi connectivity index (χ1) is 12.2. The predicted octanol–water partition coefficient (Wildman–Crippen LogP) is 4.25. The highest BCUT2D eigenvalue weighted by molar-refractivity contribution is 6.30. The van der Waals surface area contributed by atoms with Crippen molar-refractivity contribution < 1.29 is 9.59 Å². The van der Waals surface area contributed by atoms with E-state index >= 15 is 0 Å². The van der Waals surface area contributed by atoms with E-state index in [-0.39, 0.29) is 0 Å². The van der Waals surface area contributed by atoms with Gasteiger partial charge >= 0.3 is 6.03 Å². The van der Waals surface area contributed by atoms with Crippen molar-refractivity contribution in [3.63, 3.8) is 0 Å². The van der Waals surface area contributed by atoms with Crippen LogP contribution in [-0.4, -0.2) is 11.9 Å². The summed E-state index contributed by atoms with van der Waals surface area (Å²) in [6.07, 6.45) is 0. The molecule has 0 radical (unpaired) electrons. The highest BCUT2D eigenvalue weighted by atomic mass is 35.5. The number of halogens is 1. The Morgan fingerprint density at radius 2 is 1.65 bits per heavy atom. The zero-order chi connectivity index (χ0) is 19.3. The van der Waals surface area contributed by atoms with Crippen molar-refractivity contribution in [1.82, 2.24) is 16.2 Å². The van der Waals surface area contributed by atoms with Gasteiger partial charge in [-0.1, -0.05) is 42.0 Å². The number of rotatable bonds is 4. The number of hydrogen-bond donors (Lipinski definition) is 3. The van der Waals surface area contributed by atoms with Gasteiger partial charge in [0.05, 0.1) is 5.54 Å². The molecule has 0 unspecified atom stereocenters. The summed E-state index contributed by atoms with van der Waals surface area (Å²) in [5.74, 6) is -0.432. The van der Waals surface area contributed by atoms with E-state index in [1.807, 2.05) is 45.0 Å². The SMILES string of the molecule is C=C(C)c1cccc(C(C)(C)NC(=O)NNC(=O)c2ccc(Cl)cc2)c1. The Kier molecular flexibility index (Phi) is 6.05. The van der Waals surface area contributed by atoms with Gasteiger partial charge in [0, 0.05) is 10.6 Å². The second-order valence-corrected chi connectivity index (χ2v) is 6.96. The van der Waals surface area contributed by atoms with E-state index < -0.39 is 17.5 Å². The molecule has 2 rings (SSSR count). The molecule has 0 heterocycles. The van der Waals surface area contributed by atoms with Crippen molar-refractivity contribution in [1.29, 1.82) is 0 Å². The van der Waals surface area contributed by atoms with E-state index in [1.54, 1.807) is 24.3 Å². The molecular formula is C20H22ClN3O2. The molecule has 3 amide bonds. The van der Waals surface area contributed by atoms with Crippen molar-refractivity contribution in [3.8, 4) is 0 Å². The Morgan fingerprint density at radius 1 is 1.00 bits per heavy atom. The molecule has 3 N–H and O–H groups in total. The molecule has 6 heteroatoms. The maximum atomic E-state index is 12.2. The second kappa shape index (κ2) is 8.06. The lowest BCUT2D eigenvalue weighted by atomic mass is 9.92. The van der Waals surface area contributed by atoms with E-state index in [2.05, 4.69) is 22.7 Å². The Labute approximate surface area is 158 Å². The summed E-state index contributed by atoms with van der Waals surface area (Å²) < 4.78 is 0. The van der Waals surface area contributed by atoms with Crippen molar-refractivity contribution in [2.24, 2.45) is 0 Å². The van der Waals surface area contributed by atoms with Gasteiger partial charge in [-0.2, -0.15) is 0 Å². The van der Waals surface area contributed by atoms with Crippen LogP contribution in [0, 0.1) is 0 Å². The molecule has 2 aromatic carbocycles. The average molecular weight is 372 g/mol. The fourth-order valence-corrected chi connectivity index (χ4v) is 2.47. The third-order valence-electron chi connectivity index (χ3n) is 3.90. The highest BCUT2D eigenvalue weighted by Gasteiger charge is 2.23. The number of hydrogen-bond acceptors (Lipinski definition) is 2. The number of urea groups is 1. The quantitative estimate of drug-likeness (QED) is 0.703. The number of nitrogens with one attached hydrogen (secondary N) is 3. The van der Waals surface area contributed by atoms with Crippen molar-refractivity contribution >= 4 is 29.1 Å². The molecule has 0 fully saturated rings. The van der Waals surface area contributed by atoms with Crippen LogP contribution >= 0.6 is 11.6 Å². The average Bonchev–Trinajstić information content (AvgIpc) is 2.60. The van der Waals surface area contributed by atoms with Crippen LogP contribution in [-0.2, 0) is 5.54 Å². The fourth-order valence-electron chi connectivity index (χ4n) is 2.35. The minimum absolute atomic E-state index is 0.392. The van der Waals surface area contributed by atoms with Gasteiger partial charge in [0.25, 0.3) is 5.91 Å². The van der Waals surface area contributed by atoms with E-state index in [9.17, 15) is 9.59 Å². The molecule has 0 aromatic heterocycles. The number of benzene rings is 2. The second-order valence-electron chi connectivity index (χ2n) is 6.53. The van der Waals surface area contributed by atoms with Gasteiger partial charge in [-0.15, -0.1) is 0 Å². The first kappa shape index (κ1) is 19.5. The molecular weight excluding hydrogens is 350 g/mol. The summed E-state index contributed by atoms with van der Waals surface area (Å²) in [6, 6.07) is 13.6. The fraction of sp³-hybridized carbons (Fsp3) is 0.200. The predicted molar refractivity (Wildman–Crippen MR) is 105 cm³/mol. The van der Waals surface area contributed by atoms with Gasteiger partial charge in [-0.3, -0.25) is 10.2 Å². The first-order valence-corrected chi connectivity index (χ1v) is 8.47. The van der Waals surface area contributed by atoms with Gasteiger partial charge in [-0.25, -0.2) is 10.2 Å². The van der Waals surface area contributed by atoms with Crippen LogP contribution in [0.25, 0.3) is 5.57 Å². The standard InChI is InChI=1S/C20H22ClN3O2/c1-13(2)15-6-5-7-16(12-15)20(3,4)22-19(26)24-23-18(25)14-8-10-17(21)11-9-14/h5-12H,1H2,2-4H3,(H,23,25)(H2,22,24,26). The Morgan fingerprint density at radius 3 is 2.27 bits per heavy atom. The van der Waals surface area contributed by atoms with Crippen molar-refractivity contribution in [2.45, 2.75) is 26.3 Å². The zero-order valence-corrected chi connectivity index (χ0v) is 15.8. The molecule has 136 valence electrons. The van der Waals surface area contributed by atoms with Crippen LogP contribution in [0.3, 0.4) is 0 Å². The maximum Gasteiger partial charge on any atom is 0.334 e. The van der Waals surface area contributed by atoms with Crippen LogP contribution < -0.4 is 16.2 Å². The minimum atomic E-state index is -0.638. The summed E-state index contributed by atoms with van der Waals surface area (Å²) in [4.78, 5) is 24.2. The van der Waals surface area contributed by atoms with Gasteiger partial charge in [-0.05, 0) is 62.2 Å². The monoisotopic (exact) mass is 371 g/mol. The molecule has 26 heavy (non-hydrogen) atoms. The molecule has 0 saturated heterocycles. The van der Waals surface area contributed by atoms with Crippen LogP contribution in [0.5, 0.6) is 0 Å². The summed E-state index contributed by atoms with van der Waals surface area (Å²) in [5.41, 5.74) is 7.36. The van der Waals surface area contributed by atoms with Crippen LogP contribution in [0.15, 0.2) is 55.1 Å². The first-order valence-electron chi connectivity index (χ1n) is 8.09. The normalized spacial score (nSPS) is 10.8. The minimum Gasteiger partial charge on any atom is -0.328 e. The lowest BCUT2D eigenvalue weighted by Crippen LogP contribution is -2.52. The Balaban J connectivity index is 1.97. The third-order valence-corrected chi connectivity index (χ3v) is 4.15. The molecule has 0 atom stereocenters. The number of hydrazine groups is 1. The molecule has 5 nitrogen and oxygen atoms in total. The molecule has 0 aliphatic rings. The summed E-state index contributed by atoms with van der Waals surface area (Å²) in [5, 5.41) is 3.37. The largest absolute Gasteiger partial charge is 0.334 e. The Hall–Kier alpha value is -2.79. The van der Waals surface area contributed by atoms with E-state index in [0.717, 1.165) is 16.7 Å². The molecule has 0 bridgehead atoms. The van der Waals surface area contributed by atoms with Crippen LogP contribution in [0.4, 0.5) is 4.79 Å². The summed E-state index contributed by atoms with van der Waals surface area (Å²) in [6.45, 7) is 9.63. The zero-order valence-electron chi connectivity index (χ0n) is 15.0. The number of allylic oxidation sites excluding steroid dienone is 1. The molecule has 0 saturated carbocycles. The molecule has 2 aromatic rings. The number of amides is 3. The van der Waals surface area contributed by atoms with Gasteiger partial charge in [0.2, 0.25) is 0 Å². The number of carbonyl (C=O) groups excluding carboxylic acids is 2. The topological polar surface area (TPSA) is 70.2 Å². The van der Waals surface area contributed by atoms with Gasteiger partial charge in [0.1, 0.15) is 0 Å². The van der Waals surface area contributed by atoms with Gasteiger partial charge in [0.15, 0.2) is 0 Å². The molecule has 0 aliphatic carbocycles. The summed E-state index contributed by atoms with van der Waals surface area (Å²) in [7, 11) is 0. The maximum absolute atomic E-state index is 12.2. The highest BCUT2D eigenvalue weighted by Crippen LogP contribution is 2.23. The number of carbonyl (C=O) groups is 2. The van der Waals surface area contributed by atoms with E-state index in [4.69, 9.17) is 11.6 Å². The Bertz CT molecular complexity index is 829. The molecule has 0 aliphatic heterocycles. The summed E-state index contributed by atoms with van der Waals surface area (Å²) >= 11 is 5.79. The lowest BCUT2D eigenvalue weighted by Gasteiger charge is -2.27. The van der Waals surface area contributed by atoms with Crippen molar-refractivity contribution in [3.05, 3.63) is 76.8 Å². The van der Waals surface area contributed by atoms with Gasteiger partial charge < -0.3 is 5.32 Å². The lowest BCUT2D eigenvalue weighted by molar-refractivity contribution is 0.0935. The molecule has 0 spiro atoms.